The summed E-state index contributed by atoms with van der Waals surface area (Å²) in [5, 5.41) is 18.4. The number of carboxylic acids is 1. The normalized spacial score (nSPS) is 12.0. The van der Waals surface area contributed by atoms with Gasteiger partial charge in [-0.1, -0.05) is 61.5 Å². The molecule has 0 aliphatic heterocycles. The number of amidine groups is 1. The Morgan fingerprint density at radius 2 is 1.73 bits per heavy atom. The number of hydrogen-bond acceptors (Lipinski definition) is 2. The van der Waals surface area contributed by atoms with Crippen LogP contribution in [0.15, 0.2) is 72.9 Å². The molecule has 4 rings (SSSR count). The summed E-state index contributed by atoms with van der Waals surface area (Å²) in [6.45, 7) is 2.13. The van der Waals surface area contributed by atoms with Crippen LogP contribution in [0.2, 0.25) is 0 Å². The SMILES string of the molecule is CCC(c1ccccc1-c1ccccc1C(=O)O)c1c[nH]c2cc(C(=N)N)ccc12. The number of aromatic amines is 1. The second-order valence-corrected chi connectivity index (χ2v) is 7.32. The van der Waals surface area contributed by atoms with Gasteiger partial charge in [-0.2, -0.15) is 0 Å². The quantitative estimate of drug-likeness (QED) is 0.260. The molecule has 0 radical (unpaired) electrons. The average Bonchev–Trinajstić information content (AvgIpc) is 3.18. The number of nitrogens with one attached hydrogen (secondary N) is 2. The molecule has 0 amide bonds. The Morgan fingerprint density at radius 3 is 2.43 bits per heavy atom. The minimum absolute atomic E-state index is 0.0377. The van der Waals surface area contributed by atoms with E-state index in [0.29, 0.717) is 11.1 Å². The zero-order valence-electron chi connectivity index (χ0n) is 16.6. The predicted octanol–water partition coefficient (Wildman–Crippen LogP) is 5.36. The van der Waals surface area contributed by atoms with Crippen molar-refractivity contribution in [3.05, 3.63) is 95.2 Å². The Morgan fingerprint density at radius 1 is 1.03 bits per heavy atom. The Hall–Kier alpha value is -3.86. The summed E-state index contributed by atoms with van der Waals surface area (Å²) >= 11 is 0. The highest BCUT2D eigenvalue weighted by atomic mass is 16.4. The van der Waals surface area contributed by atoms with Gasteiger partial charge in [-0.25, -0.2) is 4.79 Å². The summed E-state index contributed by atoms with van der Waals surface area (Å²) in [4.78, 5) is 15.1. The topological polar surface area (TPSA) is 103 Å². The molecule has 3 aromatic carbocycles. The van der Waals surface area contributed by atoms with E-state index >= 15 is 0 Å². The van der Waals surface area contributed by atoms with Crippen molar-refractivity contribution in [1.29, 1.82) is 5.41 Å². The summed E-state index contributed by atoms with van der Waals surface area (Å²) in [6.07, 6.45) is 2.86. The maximum atomic E-state index is 11.8. The molecule has 1 aromatic heterocycles. The van der Waals surface area contributed by atoms with Gasteiger partial charge >= 0.3 is 5.97 Å². The fraction of sp³-hybridized carbons (Fsp3) is 0.120. The highest BCUT2D eigenvalue weighted by molar-refractivity contribution is 5.99. The van der Waals surface area contributed by atoms with Gasteiger partial charge < -0.3 is 15.8 Å². The lowest BCUT2D eigenvalue weighted by atomic mass is 9.83. The van der Waals surface area contributed by atoms with Crippen LogP contribution < -0.4 is 5.73 Å². The molecule has 5 heteroatoms. The third kappa shape index (κ3) is 3.35. The Kier molecular flexibility index (Phi) is 5.11. The Bertz CT molecular complexity index is 1260. The molecule has 0 saturated heterocycles. The van der Waals surface area contributed by atoms with Crippen LogP contribution in [-0.2, 0) is 0 Å². The zero-order chi connectivity index (χ0) is 21.3. The molecule has 1 unspecified atom stereocenters. The van der Waals surface area contributed by atoms with Gasteiger partial charge in [0.1, 0.15) is 5.84 Å². The molecule has 30 heavy (non-hydrogen) atoms. The van der Waals surface area contributed by atoms with Crippen molar-refractivity contribution in [2.75, 3.05) is 0 Å². The minimum Gasteiger partial charge on any atom is -0.478 e. The summed E-state index contributed by atoms with van der Waals surface area (Å²) in [6, 6.07) is 20.9. The van der Waals surface area contributed by atoms with Crippen LogP contribution in [0.3, 0.4) is 0 Å². The number of H-pyrrole nitrogens is 1. The molecule has 5 N–H and O–H groups in total. The first-order valence-corrected chi connectivity index (χ1v) is 9.88. The lowest BCUT2D eigenvalue weighted by Crippen LogP contribution is -2.10. The third-order valence-electron chi connectivity index (χ3n) is 5.59. The van der Waals surface area contributed by atoms with E-state index in [9.17, 15) is 9.90 Å². The van der Waals surface area contributed by atoms with Gasteiger partial charge in [0.25, 0.3) is 0 Å². The number of nitrogens with two attached hydrogens (primary N) is 1. The van der Waals surface area contributed by atoms with Crippen molar-refractivity contribution in [2.24, 2.45) is 5.73 Å². The van der Waals surface area contributed by atoms with Crippen molar-refractivity contribution in [3.63, 3.8) is 0 Å². The van der Waals surface area contributed by atoms with Gasteiger partial charge in [0.2, 0.25) is 0 Å². The number of carboxylic acid groups (broad SMARTS) is 1. The molecule has 1 atom stereocenters. The number of hydrogen-bond donors (Lipinski definition) is 4. The van der Waals surface area contributed by atoms with Crippen molar-refractivity contribution in [3.8, 4) is 11.1 Å². The van der Waals surface area contributed by atoms with Crippen molar-refractivity contribution < 1.29 is 9.90 Å². The standard InChI is InChI=1S/C25H23N3O2/c1-2-16(22-14-28-23-13-15(24(26)27)11-12-20(22)23)17-7-3-4-8-18(17)19-9-5-6-10-21(19)25(29)30/h3-14,16,28H,2H2,1H3,(H3,26,27)(H,29,30). The molecule has 0 bridgehead atoms. The number of carbonyl (C=O) groups is 1. The van der Waals surface area contributed by atoms with Crippen LogP contribution in [0.25, 0.3) is 22.0 Å². The van der Waals surface area contributed by atoms with Crippen LogP contribution in [-0.4, -0.2) is 21.9 Å². The van der Waals surface area contributed by atoms with Crippen LogP contribution in [0.4, 0.5) is 0 Å². The lowest BCUT2D eigenvalue weighted by molar-refractivity contribution is 0.0697. The third-order valence-corrected chi connectivity index (χ3v) is 5.59. The Balaban J connectivity index is 1.88. The van der Waals surface area contributed by atoms with Crippen LogP contribution in [0, 0.1) is 5.41 Å². The summed E-state index contributed by atoms with van der Waals surface area (Å²) in [5.41, 5.74) is 11.4. The average molecular weight is 397 g/mol. The summed E-state index contributed by atoms with van der Waals surface area (Å²) in [5.74, 6) is -0.812. The molecule has 0 saturated carbocycles. The first-order chi connectivity index (χ1) is 14.5. The second kappa shape index (κ2) is 7.87. The van der Waals surface area contributed by atoms with Gasteiger partial charge in [0.05, 0.1) is 5.56 Å². The fourth-order valence-electron chi connectivity index (χ4n) is 4.16. The second-order valence-electron chi connectivity index (χ2n) is 7.32. The number of aromatic carboxylic acids is 1. The lowest BCUT2D eigenvalue weighted by Gasteiger charge is -2.20. The maximum Gasteiger partial charge on any atom is 0.336 e. The van der Waals surface area contributed by atoms with E-state index in [1.54, 1.807) is 12.1 Å². The smallest absolute Gasteiger partial charge is 0.336 e. The minimum atomic E-state index is -0.933. The van der Waals surface area contributed by atoms with Gasteiger partial charge in [0.15, 0.2) is 0 Å². The maximum absolute atomic E-state index is 11.8. The number of rotatable bonds is 6. The number of fused-ring (bicyclic) bond motifs is 1. The van der Waals surface area contributed by atoms with Gasteiger partial charge in [-0.15, -0.1) is 0 Å². The molecule has 4 aromatic rings. The monoisotopic (exact) mass is 397 g/mol. The predicted molar refractivity (Wildman–Crippen MR) is 120 cm³/mol. The molecule has 0 fully saturated rings. The van der Waals surface area contributed by atoms with E-state index in [1.807, 2.05) is 54.7 Å². The molecular weight excluding hydrogens is 374 g/mol. The molecule has 1 heterocycles. The van der Waals surface area contributed by atoms with Gasteiger partial charge in [-0.05, 0) is 40.8 Å². The van der Waals surface area contributed by atoms with Crippen LogP contribution in [0.1, 0.15) is 46.3 Å². The fourth-order valence-corrected chi connectivity index (χ4v) is 4.16. The van der Waals surface area contributed by atoms with Gasteiger partial charge in [0, 0.05) is 28.6 Å². The number of benzene rings is 3. The van der Waals surface area contributed by atoms with E-state index in [4.69, 9.17) is 11.1 Å². The molecule has 0 spiro atoms. The molecule has 0 aliphatic carbocycles. The zero-order valence-corrected chi connectivity index (χ0v) is 16.6. The van der Waals surface area contributed by atoms with Gasteiger partial charge in [-0.3, -0.25) is 5.41 Å². The van der Waals surface area contributed by atoms with E-state index in [1.165, 1.54) is 0 Å². The highest BCUT2D eigenvalue weighted by Gasteiger charge is 2.22. The number of nitrogen functional groups attached to an aromatic ring is 1. The van der Waals surface area contributed by atoms with Crippen molar-refractivity contribution in [1.82, 2.24) is 4.98 Å². The first kappa shape index (κ1) is 19.5. The van der Waals surface area contributed by atoms with E-state index < -0.39 is 5.97 Å². The Labute approximate surface area is 174 Å². The molecule has 5 nitrogen and oxygen atoms in total. The summed E-state index contributed by atoms with van der Waals surface area (Å²) < 4.78 is 0. The number of aromatic nitrogens is 1. The van der Waals surface area contributed by atoms with E-state index in [2.05, 4.69) is 18.0 Å². The molecule has 0 aliphatic rings. The van der Waals surface area contributed by atoms with Crippen molar-refractivity contribution >= 4 is 22.7 Å². The summed E-state index contributed by atoms with van der Waals surface area (Å²) in [7, 11) is 0. The van der Waals surface area contributed by atoms with Crippen molar-refractivity contribution in [2.45, 2.75) is 19.3 Å². The van der Waals surface area contributed by atoms with Crippen LogP contribution in [0.5, 0.6) is 0 Å². The van der Waals surface area contributed by atoms with Crippen LogP contribution >= 0.6 is 0 Å². The first-order valence-electron chi connectivity index (χ1n) is 9.88. The van der Waals surface area contributed by atoms with E-state index in [0.717, 1.165) is 39.6 Å². The highest BCUT2D eigenvalue weighted by Crippen LogP contribution is 2.39. The largest absolute Gasteiger partial charge is 0.478 e. The molecular formula is C25H23N3O2. The molecule has 150 valence electrons. The van der Waals surface area contributed by atoms with E-state index in [-0.39, 0.29) is 11.8 Å².